The maximum Gasteiger partial charge on any atom is 0.234 e. The van der Waals surface area contributed by atoms with Gasteiger partial charge in [-0.2, -0.15) is 5.10 Å². The predicted molar refractivity (Wildman–Crippen MR) is 112 cm³/mol. The van der Waals surface area contributed by atoms with Crippen molar-refractivity contribution in [3.8, 4) is 5.69 Å². The maximum atomic E-state index is 12.5. The molecule has 7 heteroatoms. The van der Waals surface area contributed by atoms with E-state index in [1.165, 1.54) is 18.1 Å². The van der Waals surface area contributed by atoms with Crippen LogP contribution in [0.15, 0.2) is 66.1 Å². The third kappa shape index (κ3) is 3.61. The summed E-state index contributed by atoms with van der Waals surface area (Å²) in [5.74, 6) is 0.195. The lowest BCUT2D eigenvalue weighted by Crippen LogP contribution is -2.15. The minimum Gasteiger partial charge on any atom is -0.325 e. The van der Waals surface area contributed by atoms with Gasteiger partial charge in [-0.25, -0.2) is 14.6 Å². The van der Waals surface area contributed by atoms with E-state index in [-0.39, 0.29) is 11.7 Å². The summed E-state index contributed by atoms with van der Waals surface area (Å²) in [5, 5.41) is 9.02. The van der Waals surface area contributed by atoms with Gasteiger partial charge < -0.3 is 5.32 Å². The molecule has 2 heterocycles. The van der Waals surface area contributed by atoms with E-state index in [0.717, 1.165) is 38.6 Å². The predicted octanol–water partition coefficient (Wildman–Crippen LogP) is 4.16. The highest BCUT2D eigenvalue weighted by molar-refractivity contribution is 8.00. The number of fused-ring (bicyclic) bond motifs is 1. The molecule has 2 aromatic carbocycles. The molecule has 0 saturated heterocycles. The molecular formula is C21H19N5OS. The van der Waals surface area contributed by atoms with Crippen LogP contribution in [-0.2, 0) is 4.79 Å². The quantitative estimate of drug-likeness (QED) is 0.410. The number of thioether (sulfide) groups is 1. The van der Waals surface area contributed by atoms with Gasteiger partial charge in [-0.05, 0) is 37.1 Å². The fourth-order valence-corrected chi connectivity index (χ4v) is 3.78. The number of aromatic nitrogens is 4. The van der Waals surface area contributed by atoms with Gasteiger partial charge >= 0.3 is 0 Å². The second kappa shape index (κ2) is 7.82. The van der Waals surface area contributed by atoms with Crippen LogP contribution in [0.3, 0.4) is 0 Å². The van der Waals surface area contributed by atoms with E-state index < -0.39 is 0 Å². The largest absolute Gasteiger partial charge is 0.325 e. The van der Waals surface area contributed by atoms with Gasteiger partial charge in [0.25, 0.3) is 0 Å². The highest BCUT2D eigenvalue weighted by Gasteiger charge is 2.14. The smallest absolute Gasteiger partial charge is 0.234 e. The topological polar surface area (TPSA) is 72.7 Å². The van der Waals surface area contributed by atoms with Gasteiger partial charge in [0, 0.05) is 5.69 Å². The van der Waals surface area contributed by atoms with Gasteiger partial charge in [0.2, 0.25) is 5.91 Å². The van der Waals surface area contributed by atoms with Gasteiger partial charge in [0.1, 0.15) is 11.4 Å². The zero-order valence-corrected chi connectivity index (χ0v) is 16.4. The molecule has 4 rings (SSSR count). The first-order valence-corrected chi connectivity index (χ1v) is 9.85. The number of rotatable bonds is 5. The Labute approximate surface area is 167 Å². The summed E-state index contributed by atoms with van der Waals surface area (Å²) in [6, 6.07) is 15.8. The number of carbonyl (C=O) groups is 1. The first kappa shape index (κ1) is 18.2. The van der Waals surface area contributed by atoms with Gasteiger partial charge in [-0.3, -0.25) is 4.79 Å². The molecule has 1 amide bonds. The summed E-state index contributed by atoms with van der Waals surface area (Å²) < 4.78 is 1.78. The SMILES string of the molecule is Cc1cccc(C)c1NC(=O)CSc1ncnc2c1cnn2-c1ccccc1. The van der Waals surface area contributed by atoms with E-state index in [0.29, 0.717) is 0 Å². The Kier molecular flexibility index (Phi) is 5.08. The maximum absolute atomic E-state index is 12.5. The first-order chi connectivity index (χ1) is 13.6. The van der Waals surface area contributed by atoms with E-state index >= 15 is 0 Å². The molecule has 0 atom stereocenters. The molecule has 6 nitrogen and oxygen atoms in total. The van der Waals surface area contributed by atoms with Crippen LogP contribution in [0.25, 0.3) is 16.7 Å². The van der Waals surface area contributed by atoms with Crippen molar-refractivity contribution < 1.29 is 4.79 Å². The molecule has 0 radical (unpaired) electrons. The molecule has 0 fully saturated rings. The molecule has 0 spiro atoms. The molecule has 1 N–H and O–H groups in total. The summed E-state index contributed by atoms with van der Waals surface area (Å²) in [4.78, 5) is 21.2. The molecule has 140 valence electrons. The lowest BCUT2D eigenvalue weighted by atomic mass is 10.1. The van der Waals surface area contributed by atoms with Gasteiger partial charge in [0.15, 0.2) is 5.65 Å². The number of nitrogens with zero attached hydrogens (tertiary/aromatic N) is 4. The highest BCUT2D eigenvalue weighted by Crippen LogP contribution is 2.26. The molecule has 0 aliphatic rings. The van der Waals surface area contributed by atoms with Crippen molar-refractivity contribution >= 4 is 34.4 Å². The molecule has 0 bridgehead atoms. The van der Waals surface area contributed by atoms with Crippen molar-refractivity contribution in [2.24, 2.45) is 0 Å². The summed E-state index contributed by atoms with van der Waals surface area (Å²) in [7, 11) is 0. The minimum atomic E-state index is -0.0652. The molecule has 0 aliphatic heterocycles. The Morgan fingerprint density at radius 1 is 1.04 bits per heavy atom. The van der Waals surface area contributed by atoms with Crippen LogP contribution in [-0.4, -0.2) is 31.4 Å². The van der Waals surface area contributed by atoms with Crippen LogP contribution >= 0.6 is 11.8 Å². The Hall–Kier alpha value is -3.19. The van der Waals surface area contributed by atoms with Crippen LogP contribution in [0.1, 0.15) is 11.1 Å². The van der Waals surface area contributed by atoms with Gasteiger partial charge in [0.05, 0.1) is 23.0 Å². The van der Waals surface area contributed by atoms with Crippen LogP contribution < -0.4 is 5.32 Å². The van der Waals surface area contributed by atoms with Crippen molar-refractivity contribution in [1.29, 1.82) is 0 Å². The summed E-state index contributed by atoms with van der Waals surface area (Å²) in [6.07, 6.45) is 3.25. The van der Waals surface area contributed by atoms with E-state index in [1.54, 1.807) is 10.9 Å². The Balaban J connectivity index is 1.53. The van der Waals surface area contributed by atoms with Crippen molar-refractivity contribution in [3.05, 3.63) is 72.2 Å². The Bertz CT molecular complexity index is 1120. The number of aryl methyl sites for hydroxylation is 2. The fourth-order valence-electron chi connectivity index (χ4n) is 3.02. The average Bonchev–Trinajstić information content (AvgIpc) is 3.15. The van der Waals surface area contributed by atoms with E-state index in [9.17, 15) is 4.79 Å². The number of hydrogen-bond donors (Lipinski definition) is 1. The number of carbonyl (C=O) groups excluding carboxylic acids is 1. The summed E-state index contributed by atoms with van der Waals surface area (Å²) >= 11 is 1.38. The van der Waals surface area contributed by atoms with Gasteiger partial charge in [-0.15, -0.1) is 0 Å². The second-order valence-electron chi connectivity index (χ2n) is 6.41. The number of anilines is 1. The molecule has 2 aromatic heterocycles. The molecule has 0 saturated carbocycles. The first-order valence-electron chi connectivity index (χ1n) is 8.86. The molecule has 4 aromatic rings. The van der Waals surface area contributed by atoms with Crippen molar-refractivity contribution in [3.63, 3.8) is 0 Å². The van der Waals surface area contributed by atoms with Crippen LogP contribution in [0.5, 0.6) is 0 Å². The number of para-hydroxylation sites is 2. The zero-order chi connectivity index (χ0) is 19.5. The number of amides is 1. The monoisotopic (exact) mass is 389 g/mol. The lowest BCUT2D eigenvalue weighted by molar-refractivity contribution is -0.113. The van der Waals surface area contributed by atoms with E-state index in [4.69, 9.17) is 0 Å². The highest BCUT2D eigenvalue weighted by atomic mass is 32.2. The van der Waals surface area contributed by atoms with Crippen molar-refractivity contribution in [2.75, 3.05) is 11.1 Å². The van der Waals surface area contributed by atoms with Crippen LogP contribution in [0.4, 0.5) is 5.69 Å². The molecule has 0 unspecified atom stereocenters. The van der Waals surface area contributed by atoms with E-state index in [1.807, 2.05) is 62.4 Å². The Morgan fingerprint density at radius 2 is 1.79 bits per heavy atom. The second-order valence-corrected chi connectivity index (χ2v) is 7.38. The molecular weight excluding hydrogens is 370 g/mol. The number of nitrogens with one attached hydrogen (secondary N) is 1. The lowest BCUT2D eigenvalue weighted by Gasteiger charge is -2.11. The Morgan fingerprint density at radius 3 is 2.54 bits per heavy atom. The standard InChI is InChI=1S/C21H19N5OS/c1-14-7-6-8-15(2)19(14)25-18(27)12-28-21-17-11-24-26(20(17)22-13-23-21)16-9-4-3-5-10-16/h3-11,13H,12H2,1-2H3,(H,25,27). The normalized spacial score (nSPS) is 10.9. The zero-order valence-electron chi connectivity index (χ0n) is 15.6. The minimum absolute atomic E-state index is 0.0652. The van der Waals surface area contributed by atoms with Crippen LogP contribution in [0, 0.1) is 13.8 Å². The average molecular weight is 389 g/mol. The molecule has 0 aliphatic carbocycles. The molecule has 28 heavy (non-hydrogen) atoms. The third-order valence-electron chi connectivity index (χ3n) is 4.42. The summed E-state index contributed by atoms with van der Waals surface area (Å²) in [6.45, 7) is 3.98. The number of benzene rings is 2. The van der Waals surface area contributed by atoms with Crippen LogP contribution in [0.2, 0.25) is 0 Å². The third-order valence-corrected chi connectivity index (χ3v) is 5.42. The fraction of sp³-hybridized carbons (Fsp3) is 0.143. The van der Waals surface area contributed by atoms with Crippen molar-refractivity contribution in [2.45, 2.75) is 18.9 Å². The van der Waals surface area contributed by atoms with E-state index in [2.05, 4.69) is 20.4 Å². The van der Waals surface area contributed by atoms with Crippen molar-refractivity contribution in [1.82, 2.24) is 19.7 Å². The number of hydrogen-bond acceptors (Lipinski definition) is 5. The van der Waals surface area contributed by atoms with Gasteiger partial charge in [-0.1, -0.05) is 48.2 Å². The summed E-state index contributed by atoms with van der Waals surface area (Å²) in [5.41, 5.74) is 4.62.